The average Bonchev–Trinajstić information content (AvgIpc) is 2.66. The van der Waals surface area contributed by atoms with Crippen LogP contribution < -0.4 is 0 Å². The van der Waals surface area contributed by atoms with Gasteiger partial charge in [-0.1, -0.05) is 127 Å². The number of esters is 1. The van der Waals surface area contributed by atoms with Gasteiger partial charge in [-0.2, -0.15) is 0 Å². The Bertz CT molecular complexity index is 434. The second-order valence-corrected chi connectivity index (χ2v) is 11.4. The zero-order chi connectivity index (χ0) is 21.7. The van der Waals surface area contributed by atoms with Gasteiger partial charge in [-0.3, -0.25) is 4.79 Å². The van der Waals surface area contributed by atoms with Gasteiger partial charge >= 0.3 is 5.97 Å². The Hall–Kier alpha value is -0.465. The number of ether oxygens (including phenoxy) is 1. The van der Waals surface area contributed by atoms with E-state index in [1.54, 1.807) is 32.0 Å². The summed E-state index contributed by atoms with van der Waals surface area (Å²) in [5.41, 5.74) is -0.342. The second kappa shape index (κ2) is 14.6. The molecule has 2 rings (SSSR count). The highest BCUT2D eigenvalue weighted by Crippen LogP contribution is 2.48. The first kappa shape index (κ1) is 25.8. The normalized spacial score (nSPS) is 21.6. The quantitative estimate of drug-likeness (QED) is 0.151. The first-order valence-electron chi connectivity index (χ1n) is 13.7. The molecule has 30 heavy (non-hydrogen) atoms. The van der Waals surface area contributed by atoms with Crippen LogP contribution in [0.4, 0.5) is 0 Å². The minimum atomic E-state index is -0.342. The summed E-state index contributed by atoms with van der Waals surface area (Å²) in [7, 11) is 0. The van der Waals surface area contributed by atoms with Crippen molar-refractivity contribution in [3.05, 3.63) is 0 Å². The van der Waals surface area contributed by atoms with Crippen LogP contribution in [0.15, 0.2) is 0 Å². The van der Waals surface area contributed by atoms with Crippen LogP contribution in [-0.4, -0.2) is 18.3 Å². The highest BCUT2D eigenvalue weighted by molar-refractivity contribution is 6.62. The minimum Gasteiger partial charge on any atom is -0.460 e. The number of hydrogen-bond acceptors (Lipinski definition) is 2. The topological polar surface area (TPSA) is 26.3 Å². The molecule has 2 fully saturated rings. The summed E-state index contributed by atoms with van der Waals surface area (Å²) >= 11 is 0. The highest BCUT2D eigenvalue weighted by atomic mass is 16.6. The summed E-state index contributed by atoms with van der Waals surface area (Å²) in [4.78, 5) is 11.7. The van der Waals surface area contributed by atoms with Crippen molar-refractivity contribution in [3.63, 3.8) is 0 Å². The summed E-state index contributed by atoms with van der Waals surface area (Å²) in [6.07, 6.45) is 27.6. The molecule has 2 heterocycles. The van der Waals surface area contributed by atoms with Crippen molar-refractivity contribution in [2.75, 3.05) is 0 Å². The molecule has 0 aromatic rings. The van der Waals surface area contributed by atoms with E-state index in [1.807, 2.05) is 20.8 Å². The summed E-state index contributed by atoms with van der Waals surface area (Å²) in [6, 6.07) is 0. The van der Waals surface area contributed by atoms with Gasteiger partial charge in [0.15, 0.2) is 0 Å². The number of hydrogen-bond donors (Lipinski definition) is 0. The third kappa shape index (κ3) is 11.2. The van der Waals surface area contributed by atoms with E-state index in [1.165, 1.54) is 83.5 Å². The molecule has 0 aromatic carbocycles. The van der Waals surface area contributed by atoms with Crippen LogP contribution in [0.3, 0.4) is 0 Å². The summed E-state index contributed by atoms with van der Waals surface area (Å²) in [6.45, 7) is 6.92. The molecule has 0 atom stereocenters. The SMILES string of the molecule is CC(C)(C)OC(=O)CCCCCCCCCCCCCCB1C2CCCC1CCC2. The van der Waals surface area contributed by atoms with Gasteiger partial charge in [0.05, 0.1) is 0 Å². The van der Waals surface area contributed by atoms with Crippen LogP contribution in [-0.2, 0) is 9.53 Å². The largest absolute Gasteiger partial charge is 0.460 e. The molecule has 0 saturated carbocycles. The lowest BCUT2D eigenvalue weighted by atomic mass is 9.26. The monoisotopic (exact) mass is 418 g/mol. The average molecular weight is 419 g/mol. The van der Waals surface area contributed by atoms with Crippen LogP contribution in [0.2, 0.25) is 18.0 Å². The first-order chi connectivity index (χ1) is 14.5. The predicted molar refractivity (Wildman–Crippen MR) is 132 cm³/mol. The van der Waals surface area contributed by atoms with E-state index in [2.05, 4.69) is 0 Å². The molecule has 0 aromatic heterocycles. The van der Waals surface area contributed by atoms with Crippen LogP contribution in [0.25, 0.3) is 0 Å². The predicted octanol–water partition coefficient (Wildman–Crippen LogP) is 9.00. The molecule has 0 spiro atoms. The van der Waals surface area contributed by atoms with Crippen molar-refractivity contribution in [2.24, 2.45) is 0 Å². The number of unbranched alkanes of at least 4 members (excludes halogenated alkanes) is 11. The maximum Gasteiger partial charge on any atom is 0.306 e. The molecule has 0 radical (unpaired) electrons. The van der Waals surface area contributed by atoms with Gasteiger partial charge < -0.3 is 4.74 Å². The van der Waals surface area contributed by atoms with Gasteiger partial charge in [0.2, 0.25) is 0 Å². The molecular weight excluding hydrogens is 367 g/mol. The van der Waals surface area contributed by atoms with Gasteiger partial charge in [-0.25, -0.2) is 0 Å². The summed E-state index contributed by atoms with van der Waals surface area (Å²) in [5, 5.41) is 0. The van der Waals surface area contributed by atoms with Crippen LogP contribution in [0, 0.1) is 0 Å². The molecule has 0 N–H and O–H groups in total. The van der Waals surface area contributed by atoms with Crippen molar-refractivity contribution in [1.82, 2.24) is 0 Å². The van der Waals surface area contributed by atoms with E-state index >= 15 is 0 Å². The molecule has 174 valence electrons. The zero-order valence-electron chi connectivity index (χ0n) is 20.7. The standard InChI is InChI=1S/C27H51BO2/c1-27(2,3)30-26(29)22-14-12-10-8-6-4-5-7-9-11-13-15-23-28-24-18-16-19-25(28)21-17-20-24/h24-25H,4-23H2,1-3H3. The summed E-state index contributed by atoms with van der Waals surface area (Å²) in [5.74, 6) is 2.17. The number of rotatable bonds is 15. The molecule has 2 nitrogen and oxygen atoms in total. The Balaban J connectivity index is 1.30. The van der Waals surface area contributed by atoms with Crippen LogP contribution in [0.1, 0.15) is 143 Å². The fourth-order valence-corrected chi connectivity index (χ4v) is 6.10. The third-order valence-electron chi connectivity index (χ3n) is 7.60. The molecule has 0 unspecified atom stereocenters. The number of carbonyl (C=O) groups is 1. The fraction of sp³-hybridized carbons (Fsp3) is 0.963. The maximum absolute atomic E-state index is 11.7. The molecule has 2 bridgehead atoms. The van der Waals surface area contributed by atoms with Crippen molar-refractivity contribution in [1.29, 1.82) is 0 Å². The Morgan fingerprint density at radius 3 is 1.53 bits per heavy atom. The third-order valence-corrected chi connectivity index (χ3v) is 7.60. The molecule has 0 aliphatic carbocycles. The number of carbonyl (C=O) groups excluding carboxylic acids is 1. The smallest absolute Gasteiger partial charge is 0.306 e. The van der Waals surface area contributed by atoms with E-state index in [-0.39, 0.29) is 11.6 Å². The van der Waals surface area contributed by atoms with Crippen molar-refractivity contribution >= 4 is 12.7 Å². The summed E-state index contributed by atoms with van der Waals surface area (Å²) < 4.78 is 5.35. The van der Waals surface area contributed by atoms with Crippen LogP contribution in [0.5, 0.6) is 0 Å². The molecule has 2 aliphatic rings. The van der Waals surface area contributed by atoms with E-state index in [0.29, 0.717) is 6.42 Å². The lowest BCUT2D eigenvalue weighted by Gasteiger charge is -2.40. The van der Waals surface area contributed by atoms with Crippen LogP contribution >= 0.6 is 0 Å². The van der Waals surface area contributed by atoms with Gasteiger partial charge in [-0.05, 0) is 27.2 Å². The molecular formula is C27H51BO2. The Morgan fingerprint density at radius 1 is 0.700 bits per heavy atom. The lowest BCUT2D eigenvalue weighted by molar-refractivity contribution is -0.154. The molecule has 2 aliphatic heterocycles. The molecule has 3 heteroatoms. The fourth-order valence-electron chi connectivity index (χ4n) is 6.10. The Labute approximate surface area is 188 Å². The van der Waals surface area contributed by atoms with E-state index in [0.717, 1.165) is 24.8 Å². The van der Waals surface area contributed by atoms with E-state index < -0.39 is 0 Å². The highest BCUT2D eigenvalue weighted by Gasteiger charge is 2.38. The first-order valence-corrected chi connectivity index (χ1v) is 13.7. The van der Waals surface area contributed by atoms with E-state index in [4.69, 9.17) is 4.74 Å². The van der Waals surface area contributed by atoms with Gasteiger partial charge in [-0.15, -0.1) is 0 Å². The molecule has 2 saturated heterocycles. The maximum atomic E-state index is 11.7. The number of fused-ring (bicyclic) bond motifs is 2. The van der Waals surface area contributed by atoms with E-state index in [9.17, 15) is 4.79 Å². The Morgan fingerprint density at radius 2 is 1.10 bits per heavy atom. The Kier molecular flexibility index (Phi) is 12.5. The second-order valence-electron chi connectivity index (χ2n) is 11.4. The van der Waals surface area contributed by atoms with Gasteiger partial charge in [0.25, 0.3) is 0 Å². The lowest BCUT2D eigenvalue weighted by Crippen LogP contribution is -2.34. The van der Waals surface area contributed by atoms with Crippen molar-refractivity contribution < 1.29 is 9.53 Å². The molecule has 0 amide bonds. The minimum absolute atomic E-state index is 0.0379. The van der Waals surface area contributed by atoms with Gasteiger partial charge in [0, 0.05) is 6.42 Å². The van der Waals surface area contributed by atoms with Crippen molar-refractivity contribution in [2.45, 2.75) is 166 Å². The van der Waals surface area contributed by atoms with Gasteiger partial charge in [0.1, 0.15) is 12.3 Å². The van der Waals surface area contributed by atoms with Crippen molar-refractivity contribution in [3.8, 4) is 0 Å². The zero-order valence-corrected chi connectivity index (χ0v) is 20.7.